The number of ether oxygens (including phenoxy) is 2. The second kappa shape index (κ2) is 9.46. The molecule has 3 aliphatic heterocycles. The lowest BCUT2D eigenvalue weighted by atomic mass is 10.0. The first kappa shape index (κ1) is 23.4. The van der Waals surface area contributed by atoms with E-state index in [1.807, 2.05) is 31.2 Å². The van der Waals surface area contributed by atoms with Crippen LogP contribution in [0.5, 0.6) is 5.75 Å². The van der Waals surface area contributed by atoms with Crippen LogP contribution < -0.4 is 9.64 Å². The summed E-state index contributed by atoms with van der Waals surface area (Å²) in [4.78, 5) is 2.29. The van der Waals surface area contributed by atoms with Crippen LogP contribution in [0.15, 0.2) is 119 Å². The van der Waals surface area contributed by atoms with Crippen molar-refractivity contribution in [2.45, 2.75) is 20.8 Å². The zero-order chi connectivity index (χ0) is 26.2. The standard InChI is InChI=1S/C34H26N2O2/c1-22-16-29(20-30-18-27(23(2)21-35)17-24(3)37-30)38-34-19-28(14-15-31(22)34)36-32-10-6-4-8-25(32)12-13-26-9-5-7-11-33(26)36/h4-20H,1-3H3/b27-23-,29-20+. The smallest absolute Gasteiger partial charge is 0.137 e. The van der Waals surface area contributed by atoms with Crippen molar-refractivity contribution < 1.29 is 9.47 Å². The third-order valence-electron chi connectivity index (χ3n) is 6.85. The zero-order valence-corrected chi connectivity index (χ0v) is 21.5. The summed E-state index contributed by atoms with van der Waals surface area (Å²) in [7, 11) is 0. The molecule has 0 amide bonds. The second-order valence-corrected chi connectivity index (χ2v) is 9.54. The number of fused-ring (bicyclic) bond motifs is 3. The Bertz CT molecular complexity index is 1660. The molecule has 3 heterocycles. The number of para-hydroxylation sites is 2. The molecule has 0 saturated carbocycles. The summed E-state index contributed by atoms with van der Waals surface area (Å²) in [5, 5.41) is 9.33. The van der Waals surface area contributed by atoms with Crippen molar-refractivity contribution in [1.29, 1.82) is 5.26 Å². The first-order valence-electron chi connectivity index (χ1n) is 12.6. The Morgan fingerprint density at radius 3 is 2.21 bits per heavy atom. The van der Waals surface area contributed by atoms with Gasteiger partial charge in [0.25, 0.3) is 0 Å². The summed E-state index contributed by atoms with van der Waals surface area (Å²) in [6.07, 6.45) is 12.0. The molecule has 0 radical (unpaired) electrons. The molecule has 0 spiro atoms. The molecule has 4 nitrogen and oxygen atoms in total. The Hall–Kier alpha value is -5.01. The van der Waals surface area contributed by atoms with Gasteiger partial charge in [-0.15, -0.1) is 0 Å². The molecule has 0 N–H and O–H groups in total. The minimum atomic E-state index is 0.634. The molecule has 3 aromatic carbocycles. The third-order valence-corrected chi connectivity index (χ3v) is 6.85. The van der Waals surface area contributed by atoms with E-state index in [0.717, 1.165) is 56.4 Å². The molecule has 6 rings (SSSR count). The van der Waals surface area contributed by atoms with Crippen LogP contribution in [-0.4, -0.2) is 0 Å². The summed E-state index contributed by atoms with van der Waals surface area (Å²) in [6, 6.07) is 25.4. The quantitative estimate of drug-likeness (QED) is 0.261. The fourth-order valence-corrected chi connectivity index (χ4v) is 4.98. The van der Waals surface area contributed by atoms with Gasteiger partial charge in [-0.3, -0.25) is 0 Å². The van der Waals surface area contributed by atoms with Crippen LogP contribution in [0.25, 0.3) is 17.7 Å². The summed E-state index contributed by atoms with van der Waals surface area (Å²) >= 11 is 0. The van der Waals surface area contributed by atoms with Crippen molar-refractivity contribution in [2.24, 2.45) is 0 Å². The number of hydrogen-bond acceptors (Lipinski definition) is 4. The number of hydrogen-bond donors (Lipinski definition) is 0. The van der Waals surface area contributed by atoms with E-state index in [4.69, 9.17) is 9.47 Å². The highest BCUT2D eigenvalue weighted by atomic mass is 16.5. The SMILES string of the molecule is CC1=C/C(=C(\C)C#N)C=C(/C=C2\C=C(C)c3ccc(N4c5ccccc5C=Cc5ccccc54)cc3O2)O1. The first-order valence-corrected chi connectivity index (χ1v) is 12.6. The molecule has 38 heavy (non-hydrogen) atoms. The monoisotopic (exact) mass is 494 g/mol. The summed E-state index contributed by atoms with van der Waals surface area (Å²) < 4.78 is 12.3. The minimum absolute atomic E-state index is 0.634. The highest BCUT2D eigenvalue weighted by Gasteiger charge is 2.23. The van der Waals surface area contributed by atoms with Crippen molar-refractivity contribution in [3.05, 3.63) is 136 Å². The molecule has 0 aromatic heterocycles. The predicted octanol–water partition coefficient (Wildman–Crippen LogP) is 8.98. The van der Waals surface area contributed by atoms with Crippen LogP contribution in [-0.2, 0) is 4.74 Å². The van der Waals surface area contributed by atoms with Crippen LogP contribution in [0.2, 0.25) is 0 Å². The first-order chi connectivity index (χ1) is 18.5. The highest BCUT2D eigenvalue weighted by Crippen LogP contribution is 2.45. The number of anilines is 3. The van der Waals surface area contributed by atoms with E-state index < -0.39 is 0 Å². The lowest BCUT2D eigenvalue weighted by Gasteiger charge is -2.28. The van der Waals surface area contributed by atoms with Crippen molar-refractivity contribution in [1.82, 2.24) is 0 Å². The molecule has 3 aliphatic rings. The summed E-state index contributed by atoms with van der Waals surface area (Å²) in [6.45, 7) is 5.77. The maximum Gasteiger partial charge on any atom is 0.137 e. The van der Waals surface area contributed by atoms with Gasteiger partial charge in [0.15, 0.2) is 0 Å². The number of nitrogens with zero attached hydrogens (tertiary/aromatic N) is 2. The van der Waals surface area contributed by atoms with Crippen LogP contribution in [0.3, 0.4) is 0 Å². The number of rotatable bonds is 2. The van der Waals surface area contributed by atoms with E-state index in [1.165, 1.54) is 0 Å². The lowest BCUT2D eigenvalue weighted by Crippen LogP contribution is -2.12. The molecule has 0 saturated heterocycles. The summed E-state index contributed by atoms with van der Waals surface area (Å²) in [5.41, 5.74) is 9.19. The maximum atomic E-state index is 9.33. The topological polar surface area (TPSA) is 45.5 Å². The molecular formula is C34H26N2O2. The number of nitriles is 1. The van der Waals surface area contributed by atoms with Gasteiger partial charge in [-0.25, -0.2) is 0 Å². The average molecular weight is 495 g/mol. The van der Waals surface area contributed by atoms with Gasteiger partial charge >= 0.3 is 0 Å². The average Bonchev–Trinajstić information content (AvgIpc) is 3.09. The Kier molecular flexibility index (Phi) is 5.82. The van der Waals surface area contributed by atoms with E-state index in [1.54, 1.807) is 6.92 Å². The Morgan fingerprint density at radius 1 is 0.842 bits per heavy atom. The lowest BCUT2D eigenvalue weighted by molar-refractivity contribution is 0.313. The molecule has 4 heteroatoms. The van der Waals surface area contributed by atoms with Crippen molar-refractivity contribution in [3.63, 3.8) is 0 Å². The van der Waals surface area contributed by atoms with Crippen LogP contribution >= 0.6 is 0 Å². The van der Waals surface area contributed by atoms with E-state index in [0.29, 0.717) is 17.1 Å². The van der Waals surface area contributed by atoms with Gasteiger partial charge in [0.2, 0.25) is 0 Å². The molecule has 184 valence electrons. The molecule has 0 bridgehead atoms. The number of allylic oxidation sites excluding steroid dienone is 8. The van der Waals surface area contributed by atoms with E-state index >= 15 is 0 Å². The molecular weight excluding hydrogens is 468 g/mol. The zero-order valence-electron chi connectivity index (χ0n) is 21.5. The Morgan fingerprint density at radius 2 is 1.53 bits per heavy atom. The normalized spacial score (nSPS) is 17.9. The largest absolute Gasteiger partial charge is 0.462 e. The molecule has 3 aromatic rings. The Labute approximate surface area is 223 Å². The van der Waals surface area contributed by atoms with Gasteiger partial charge in [-0.05, 0) is 85.5 Å². The van der Waals surface area contributed by atoms with E-state index in [-0.39, 0.29) is 0 Å². The van der Waals surface area contributed by atoms with Crippen LogP contribution in [0.1, 0.15) is 37.5 Å². The Balaban J connectivity index is 1.41. The maximum absolute atomic E-state index is 9.33. The van der Waals surface area contributed by atoms with E-state index in [9.17, 15) is 5.26 Å². The fraction of sp³-hybridized carbons (Fsp3) is 0.0882. The van der Waals surface area contributed by atoms with Gasteiger partial charge in [0, 0.05) is 29.0 Å². The molecule has 0 atom stereocenters. The van der Waals surface area contributed by atoms with Gasteiger partial charge in [0.1, 0.15) is 23.0 Å². The molecule has 0 unspecified atom stereocenters. The van der Waals surface area contributed by atoms with Gasteiger partial charge in [-0.1, -0.05) is 48.6 Å². The highest BCUT2D eigenvalue weighted by molar-refractivity contribution is 5.93. The van der Waals surface area contributed by atoms with Gasteiger partial charge in [0.05, 0.1) is 17.4 Å². The van der Waals surface area contributed by atoms with E-state index in [2.05, 4.69) is 96.8 Å². The van der Waals surface area contributed by atoms with Gasteiger partial charge in [-0.2, -0.15) is 5.26 Å². The molecule has 0 aliphatic carbocycles. The fourth-order valence-electron chi connectivity index (χ4n) is 4.98. The van der Waals surface area contributed by atoms with Gasteiger partial charge < -0.3 is 14.4 Å². The van der Waals surface area contributed by atoms with Crippen molar-refractivity contribution >= 4 is 34.8 Å². The second-order valence-electron chi connectivity index (χ2n) is 9.54. The van der Waals surface area contributed by atoms with Crippen molar-refractivity contribution in [3.8, 4) is 11.8 Å². The predicted molar refractivity (Wildman–Crippen MR) is 154 cm³/mol. The molecule has 0 fully saturated rings. The summed E-state index contributed by atoms with van der Waals surface area (Å²) in [5.74, 6) is 2.83. The third kappa shape index (κ3) is 4.25. The van der Waals surface area contributed by atoms with Crippen LogP contribution in [0.4, 0.5) is 17.1 Å². The van der Waals surface area contributed by atoms with Crippen LogP contribution in [0, 0.1) is 11.3 Å². The number of benzene rings is 3. The minimum Gasteiger partial charge on any atom is -0.462 e. The van der Waals surface area contributed by atoms with Crippen molar-refractivity contribution in [2.75, 3.05) is 4.90 Å².